The quantitative estimate of drug-likeness (QED) is 0.722. The lowest BCUT2D eigenvalue weighted by molar-refractivity contribution is 0.137. The zero-order valence-electron chi connectivity index (χ0n) is 15.0. The van der Waals surface area contributed by atoms with Gasteiger partial charge in [-0.1, -0.05) is 24.3 Å². The first-order valence-electron chi connectivity index (χ1n) is 7.91. The van der Waals surface area contributed by atoms with Crippen molar-refractivity contribution in [1.29, 1.82) is 0 Å². The third-order valence-corrected chi connectivity index (χ3v) is 4.60. The van der Waals surface area contributed by atoms with Crippen LogP contribution in [-0.4, -0.2) is 33.1 Å². The second kappa shape index (κ2) is 8.50. The van der Waals surface area contributed by atoms with Crippen molar-refractivity contribution in [2.45, 2.75) is 13.2 Å². The van der Waals surface area contributed by atoms with E-state index in [1.54, 1.807) is 0 Å². The molecule has 2 aromatic rings. The number of anilines is 2. The molecular formula is C18H25N2O4P. The van der Waals surface area contributed by atoms with Crippen LogP contribution in [0.4, 0.5) is 11.4 Å². The van der Waals surface area contributed by atoms with Gasteiger partial charge in [-0.05, 0) is 35.4 Å². The highest BCUT2D eigenvalue weighted by atomic mass is 31.2. The van der Waals surface area contributed by atoms with Gasteiger partial charge >= 0.3 is 7.82 Å². The van der Waals surface area contributed by atoms with Crippen molar-refractivity contribution in [3.05, 3.63) is 59.7 Å². The number of phosphoric ester groups is 1. The van der Waals surface area contributed by atoms with Crippen LogP contribution in [-0.2, 0) is 26.8 Å². The molecule has 0 saturated carbocycles. The molecule has 2 rings (SSSR count). The summed E-state index contributed by atoms with van der Waals surface area (Å²) in [5.41, 5.74) is 3.71. The van der Waals surface area contributed by atoms with Crippen LogP contribution in [0.15, 0.2) is 48.5 Å². The fourth-order valence-corrected chi connectivity index (χ4v) is 2.83. The Balaban J connectivity index is 1.85. The van der Waals surface area contributed by atoms with E-state index in [1.165, 1.54) is 0 Å². The predicted octanol–water partition coefficient (Wildman–Crippen LogP) is 3.65. The lowest BCUT2D eigenvalue weighted by Crippen LogP contribution is -2.08. The summed E-state index contributed by atoms with van der Waals surface area (Å²) in [5, 5.41) is 0. The van der Waals surface area contributed by atoms with E-state index in [0.29, 0.717) is 0 Å². The summed E-state index contributed by atoms with van der Waals surface area (Å²) in [4.78, 5) is 13.8. The highest BCUT2D eigenvalue weighted by Crippen LogP contribution is 2.45. The Kier molecular flexibility index (Phi) is 6.62. The average Bonchev–Trinajstić information content (AvgIpc) is 2.59. The largest absolute Gasteiger partial charge is 0.472 e. The van der Waals surface area contributed by atoms with Crippen LogP contribution in [0.3, 0.4) is 0 Å². The molecule has 0 amide bonds. The average molecular weight is 364 g/mol. The number of benzene rings is 2. The van der Waals surface area contributed by atoms with Crippen molar-refractivity contribution in [3.8, 4) is 0 Å². The standard InChI is InChI=1S/C18H25N2O4P/c1-19(2)17-9-5-15(6-10-17)13-23-25(21,22)24-14-16-7-11-18(12-8-16)20(3)4/h5-12H,13-14H2,1-4H3,(H,21,22). The van der Waals surface area contributed by atoms with Gasteiger partial charge in [0, 0.05) is 39.6 Å². The second-order valence-electron chi connectivity index (χ2n) is 6.14. The Bertz CT molecular complexity index is 655. The normalized spacial score (nSPS) is 11.4. The van der Waals surface area contributed by atoms with E-state index >= 15 is 0 Å². The van der Waals surface area contributed by atoms with Crippen molar-refractivity contribution in [2.75, 3.05) is 38.0 Å². The smallest absolute Gasteiger partial charge is 0.378 e. The van der Waals surface area contributed by atoms with Gasteiger partial charge in [0.1, 0.15) is 0 Å². The summed E-state index contributed by atoms with van der Waals surface area (Å²) in [6.07, 6.45) is 0. The molecule has 0 fully saturated rings. The summed E-state index contributed by atoms with van der Waals surface area (Å²) in [5.74, 6) is 0. The fraction of sp³-hybridized carbons (Fsp3) is 0.333. The van der Waals surface area contributed by atoms with Crippen LogP contribution < -0.4 is 9.80 Å². The highest BCUT2D eigenvalue weighted by molar-refractivity contribution is 7.47. The third kappa shape index (κ3) is 6.18. The number of hydrogen-bond acceptors (Lipinski definition) is 5. The van der Waals surface area contributed by atoms with E-state index in [9.17, 15) is 9.46 Å². The summed E-state index contributed by atoms with van der Waals surface area (Å²) in [7, 11) is 3.70. The molecule has 0 heterocycles. The maximum absolute atomic E-state index is 12.0. The van der Waals surface area contributed by atoms with Crippen LogP contribution in [0.5, 0.6) is 0 Å². The Hall–Kier alpha value is -1.85. The molecule has 0 aliphatic rings. The van der Waals surface area contributed by atoms with Crippen LogP contribution >= 0.6 is 7.82 Å². The van der Waals surface area contributed by atoms with Gasteiger partial charge in [-0.2, -0.15) is 0 Å². The van der Waals surface area contributed by atoms with Gasteiger partial charge in [0.15, 0.2) is 0 Å². The van der Waals surface area contributed by atoms with Gasteiger partial charge in [0.2, 0.25) is 0 Å². The minimum atomic E-state index is -4.11. The first-order valence-corrected chi connectivity index (χ1v) is 9.41. The lowest BCUT2D eigenvalue weighted by Gasteiger charge is -2.15. The molecule has 7 heteroatoms. The van der Waals surface area contributed by atoms with Crippen LogP contribution in [0.1, 0.15) is 11.1 Å². The molecule has 0 unspecified atom stereocenters. The molecule has 1 N–H and O–H groups in total. The Labute approximate surface area is 149 Å². The van der Waals surface area contributed by atoms with Crippen molar-refractivity contribution in [3.63, 3.8) is 0 Å². The van der Waals surface area contributed by atoms with E-state index in [0.717, 1.165) is 22.5 Å². The van der Waals surface area contributed by atoms with E-state index in [2.05, 4.69) is 0 Å². The molecule has 0 saturated heterocycles. The first-order chi connectivity index (χ1) is 11.8. The molecule has 2 aromatic carbocycles. The maximum atomic E-state index is 12.0. The van der Waals surface area contributed by atoms with Crippen molar-refractivity contribution in [2.24, 2.45) is 0 Å². The molecule has 0 aliphatic carbocycles. The second-order valence-corrected chi connectivity index (χ2v) is 7.59. The van der Waals surface area contributed by atoms with Crippen molar-refractivity contribution in [1.82, 2.24) is 0 Å². The van der Waals surface area contributed by atoms with E-state index in [-0.39, 0.29) is 13.2 Å². The van der Waals surface area contributed by atoms with Crippen LogP contribution in [0, 0.1) is 0 Å². The SMILES string of the molecule is CN(C)c1ccc(COP(=O)(O)OCc2ccc(N(C)C)cc2)cc1. The first kappa shape index (κ1) is 19.5. The van der Waals surface area contributed by atoms with Gasteiger partial charge in [0.25, 0.3) is 0 Å². The molecule has 25 heavy (non-hydrogen) atoms. The third-order valence-electron chi connectivity index (χ3n) is 3.69. The molecule has 0 radical (unpaired) electrons. The summed E-state index contributed by atoms with van der Waals surface area (Å²) in [6.45, 7) is 0.0299. The molecule has 0 bridgehead atoms. The number of hydrogen-bond donors (Lipinski definition) is 1. The van der Waals surface area contributed by atoms with E-state index in [4.69, 9.17) is 9.05 Å². The van der Waals surface area contributed by atoms with Gasteiger partial charge in [-0.3, -0.25) is 9.05 Å². The zero-order chi connectivity index (χ0) is 18.4. The number of nitrogens with zero attached hydrogens (tertiary/aromatic N) is 2. The van der Waals surface area contributed by atoms with Gasteiger partial charge in [-0.25, -0.2) is 4.57 Å². The molecule has 6 nitrogen and oxygen atoms in total. The van der Waals surface area contributed by atoms with Gasteiger partial charge in [-0.15, -0.1) is 0 Å². The summed E-state index contributed by atoms with van der Waals surface area (Å²) >= 11 is 0. The minimum absolute atomic E-state index is 0.0149. The molecule has 136 valence electrons. The van der Waals surface area contributed by atoms with Crippen molar-refractivity contribution < 1.29 is 18.5 Å². The Morgan fingerprint density at radius 1 is 0.760 bits per heavy atom. The highest BCUT2D eigenvalue weighted by Gasteiger charge is 2.21. The maximum Gasteiger partial charge on any atom is 0.472 e. The van der Waals surface area contributed by atoms with Crippen LogP contribution in [0.2, 0.25) is 0 Å². The molecular weight excluding hydrogens is 339 g/mol. The molecule has 0 aliphatic heterocycles. The molecule has 0 spiro atoms. The molecule has 0 atom stereocenters. The Morgan fingerprint density at radius 3 is 1.36 bits per heavy atom. The van der Waals surface area contributed by atoms with Gasteiger partial charge in [0.05, 0.1) is 13.2 Å². The van der Waals surface area contributed by atoms with Crippen molar-refractivity contribution >= 4 is 19.2 Å². The monoisotopic (exact) mass is 364 g/mol. The summed E-state index contributed by atoms with van der Waals surface area (Å²) < 4.78 is 22.1. The predicted molar refractivity (Wildman–Crippen MR) is 101 cm³/mol. The van der Waals surface area contributed by atoms with E-state index in [1.807, 2.05) is 86.5 Å². The Morgan fingerprint density at radius 2 is 1.08 bits per heavy atom. The topological polar surface area (TPSA) is 62.2 Å². The molecule has 0 aromatic heterocycles. The van der Waals surface area contributed by atoms with Gasteiger partial charge < -0.3 is 14.7 Å². The number of rotatable bonds is 8. The lowest BCUT2D eigenvalue weighted by atomic mass is 10.2. The minimum Gasteiger partial charge on any atom is -0.378 e. The number of phosphoric acid groups is 1. The zero-order valence-corrected chi connectivity index (χ0v) is 15.9. The van der Waals surface area contributed by atoms with E-state index < -0.39 is 7.82 Å². The van der Waals surface area contributed by atoms with Crippen LogP contribution in [0.25, 0.3) is 0 Å². The fourth-order valence-electron chi connectivity index (χ4n) is 2.13. The summed E-state index contributed by atoms with van der Waals surface area (Å²) in [6, 6.07) is 15.1.